The summed E-state index contributed by atoms with van der Waals surface area (Å²) in [5, 5.41) is 12.7. The van der Waals surface area contributed by atoms with Crippen molar-refractivity contribution in [3.05, 3.63) is 29.6 Å². The quantitative estimate of drug-likeness (QED) is 0.900. The molecule has 2 aliphatic heterocycles. The van der Waals surface area contributed by atoms with Gasteiger partial charge in [0.1, 0.15) is 11.9 Å². The maximum atomic E-state index is 13.3. The third-order valence-corrected chi connectivity index (χ3v) is 4.74. The van der Waals surface area contributed by atoms with Gasteiger partial charge in [-0.2, -0.15) is 5.26 Å². The SMILES string of the molecule is CNC1CC2CCCC(C1)N2c1ccc(F)cc1C#N. The number of anilines is 1. The fourth-order valence-corrected chi connectivity index (χ4v) is 3.83. The predicted octanol–water partition coefficient (Wildman–Crippen LogP) is 2.81. The number of hydrogen-bond donors (Lipinski definition) is 1. The van der Waals surface area contributed by atoms with E-state index >= 15 is 0 Å². The van der Waals surface area contributed by atoms with Gasteiger partial charge in [0, 0.05) is 18.1 Å². The van der Waals surface area contributed by atoms with E-state index in [0.29, 0.717) is 23.7 Å². The third kappa shape index (κ3) is 2.27. The first-order chi connectivity index (χ1) is 9.72. The van der Waals surface area contributed by atoms with Crippen LogP contribution in [0.25, 0.3) is 0 Å². The predicted molar refractivity (Wildman–Crippen MR) is 77.1 cm³/mol. The number of fused-ring (bicyclic) bond motifs is 2. The molecule has 0 aromatic heterocycles. The van der Waals surface area contributed by atoms with Crippen LogP contribution in [-0.4, -0.2) is 25.2 Å². The van der Waals surface area contributed by atoms with Crippen molar-refractivity contribution in [3.8, 4) is 6.07 Å². The molecule has 0 spiro atoms. The zero-order valence-electron chi connectivity index (χ0n) is 11.8. The van der Waals surface area contributed by atoms with Gasteiger partial charge in [0.2, 0.25) is 0 Å². The van der Waals surface area contributed by atoms with Crippen molar-refractivity contribution in [1.29, 1.82) is 5.26 Å². The molecule has 2 atom stereocenters. The first kappa shape index (κ1) is 13.4. The van der Waals surface area contributed by atoms with Crippen LogP contribution in [0, 0.1) is 17.1 Å². The van der Waals surface area contributed by atoms with Gasteiger partial charge in [0.15, 0.2) is 0 Å². The van der Waals surface area contributed by atoms with Gasteiger partial charge in [0.25, 0.3) is 0 Å². The van der Waals surface area contributed by atoms with Crippen molar-refractivity contribution in [2.75, 3.05) is 11.9 Å². The summed E-state index contributed by atoms with van der Waals surface area (Å²) in [4.78, 5) is 2.38. The van der Waals surface area contributed by atoms with Crippen LogP contribution in [-0.2, 0) is 0 Å². The maximum absolute atomic E-state index is 13.3. The van der Waals surface area contributed by atoms with Crippen molar-refractivity contribution in [3.63, 3.8) is 0 Å². The van der Waals surface area contributed by atoms with E-state index in [0.717, 1.165) is 31.4 Å². The Kier molecular flexibility index (Phi) is 3.62. The second kappa shape index (κ2) is 5.41. The third-order valence-electron chi connectivity index (χ3n) is 4.74. The molecule has 0 radical (unpaired) electrons. The van der Waals surface area contributed by atoms with Crippen LogP contribution in [0.3, 0.4) is 0 Å². The van der Waals surface area contributed by atoms with Crippen LogP contribution in [0.2, 0.25) is 0 Å². The van der Waals surface area contributed by atoms with E-state index in [2.05, 4.69) is 16.3 Å². The number of piperidine rings is 2. The Labute approximate surface area is 119 Å². The van der Waals surface area contributed by atoms with E-state index in [4.69, 9.17) is 0 Å². The Morgan fingerprint density at radius 3 is 2.60 bits per heavy atom. The average Bonchev–Trinajstić information content (AvgIpc) is 2.45. The van der Waals surface area contributed by atoms with Crippen molar-refractivity contribution < 1.29 is 4.39 Å². The lowest BCUT2D eigenvalue weighted by Gasteiger charge is -2.50. The number of hydrogen-bond acceptors (Lipinski definition) is 3. The van der Waals surface area contributed by atoms with Gasteiger partial charge in [-0.05, 0) is 57.4 Å². The molecular weight excluding hydrogens is 253 g/mol. The van der Waals surface area contributed by atoms with Crippen LogP contribution in [0.4, 0.5) is 10.1 Å². The van der Waals surface area contributed by atoms with Gasteiger partial charge in [-0.25, -0.2) is 4.39 Å². The number of nitrogens with zero attached hydrogens (tertiary/aromatic N) is 2. The van der Waals surface area contributed by atoms with Crippen LogP contribution in [0.15, 0.2) is 18.2 Å². The Hall–Kier alpha value is -1.60. The highest BCUT2D eigenvalue weighted by Gasteiger charge is 2.38. The molecule has 4 heteroatoms. The monoisotopic (exact) mass is 273 g/mol. The fourth-order valence-electron chi connectivity index (χ4n) is 3.83. The van der Waals surface area contributed by atoms with E-state index in [9.17, 15) is 9.65 Å². The first-order valence-electron chi connectivity index (χ1n) is 7.38. The molecular formula is C16H20FN3. The zero-order valence-corrected chi connectivity index (χ0v) is 11.8. The lowest BCUT2D eigenvalue weighted by atomic mass is 9.81. The van der Waals surface area contributed by atoms with E-state index < -0.39 is 0 Å². The average molecular weight is 273 g/mol. The molecule has 1 aromatic rings. The number of nitriles is 1. The Bertz CT molecular complexity index is 523. The normalized spacial score (nSPS) is 29.1. The minimum atomic E-state index is -0.333. The zero-order chi connectivity index (χ0) is 14.1. The lowest BCUT2D eigenvalue weighted by molar-refractivity contribution is 0.252. The summed E-state index contributed by atoms with van der Waals surface area (Å²) in [5.41, 5.74) is 1.38. The summed E-state index contributed by atoms with van der Waals surface area (Å²) < 4.78 is 13.3. The molecule has 1 N–H and O–H groups in total. The molecule has 3 nitrogen and oxygen atoms in total. The second-order valence-electron chi connectivity index (χ2n) is 5.88. The molecule has 2 unspecified atom stereocenters. The largest absolute Gasteiger partial charge is 0.364 e. The molecule has 20 heavy (non-hydrogen) atoms. The van der Waals surface area contributed by atoms with E-state index in [-0.39, 0.29) is 5.82 Å². The molecule has 2 fully saturated rings. The van der Waals surface area contributed by atoms with Gasteiger partial charge in [-0.15, -0.1) is 0 Å². The maximum Gasteiger partial charge on any atom is 0.124 e. The second-order valence-corrected chi connectivity index (χ2v) is 5.88. The van der Waals surface area contributed by atoms with Crippen LogP contribution in [0.1, 0.15) is 37.7 Å². The number of rotatable bonds is 2. The number of nitrogens with one attached hydrogen (secondary N) is 1. The topological polar surface area (TPSA) is 39.1 Å². The first-order valence-corrected chi connectivity index (χ1v) is 7.38. The molecule has 0 amide bonds. The highest BCUT2D eigenvalue weighted by Crippen LogP contribution is 2.39. The standard InChI is InChI=1S/C16H20FN3/c1-19-13-8-14-3-2-4-15(9-13)20(14)16-6-5-12(17)7-11(16)10-18/h5-7,13-15,19H,2-4,8-9H2,1H3. The lowest BCUT2D eigenvalue weighted by Crippen LogP contribution is -2.56. The summed E-state index contributed by atoms with van der Waals surface area (Å²) in [5.74, 6) is -0.333. The summed E-state index contributed by atoms with van der Waals surface area (Å²) in [6, 6.07) is 8.25. The Morgan fingerprint density at radius 2 is 2.00 bits per heavy atom. The van der Waals surface area contributed by atoms with Crippen molar-refractivity contribution in [2.45, 2.75) is 50.2 Å². The molecule has 106 valence electrons. The van der Waals surface area contributed by atoms with Crippen LogP contribution >= 0.6 is 0 Å². The van der Waals surface area contributed by atoms with Crippen molar-refractivity contribution in [2.24, 2.45) is 0 Å². The summed E-state index contributed by atoms with van der Waals surface area (Å²) in [7, 11) is 2.02. The van der Waals surface area contributed by atoms with E-state index in [1.165, 1.54) is 18.6 Å². The minimum absolute atomic E-state index is 0.333. The summed E-state index contributed by atoms with van der Waals surface area (Å²) >= 11 is 0. The molecule has 2 heterocycles. The highest BCUT2D eigenvalue weighted by molar-refractivity contribution is 5.61. The molecule has 0 saturated carbocycles. The van der Waals surface area contributed by atoms with E-state index in [1.807, 2.05) is 7.05 Å². The number of halogens is 1. The highest BCUT2D eigenvalue weighted by atomic mass is 19.1. The minimum Gasteiger partial charge on any atom is -0.364 e. The Balaban J connectivity index is 1.96. The van der Waals surface area contributed by atoms with Crippen molar-refractivity contribution in [1.82, 2.24) is 5.32 Å². The van der Waals surface area contributed by atoms with Gasteiger partial charge in [-0.3, -0.25) is 0 Å². The molecule has 2 aliphatic rings. The Morgan fingerprint density at radius 1 is 1.30 bits per heavy atom. The smallest absolute Gasteiger partial charge is 0.124 e. The number of benzene rings is 1. The molecule has 0 aliphatic carbocycles. The van der Waals surface area contributed by atoms with E-state index in [1.54, 1.807) is 6.07 Å². The summed E-state index contributed by atoms with van der Waals surface area (Å²) in [6.45, 7) is 0. The summed E-state index contributed by atoms with van der Waals surface area (Å²) in [6.07, 6.45) is 5.80. The van der Waals surface area contributed by atoms with Gasteiger partial charge in [-0.1, -0.05) is 0 Å². The van der Waals surface area contributed by atoms with Crippen LogP contribution in [0.5, 0.6) is 0 Å². The van der Waals surface area contributed by atoms with Gasteiger partial charge in [0.05, 0.1) is 11.3 Å². The fraction of sp³-hybridized carbons (Fsp3) is 0.562. The van der Waals surface area contributed by atoms with Crippen LogP contribution < -0.4 is 10.2 Å². The molecule has 2 saturated heterocycles. The molecule has 3 rings (SSSR count). The van der Waals surface area contributed by atoms with Crippen molar-refractivity contribution >= 4 is 5.69 Å². The van der Waals surface area contributed by atoms with Gasteiger partial charge < -0.3 is 10.2 Å². The molecule has 1 aromatic carbocycles. The molecule has 2 bridgehead atoms. The van der Waals surface area contributed by atoms with Gasteiger partial charge >= 0.3 is 0 Å².